The third-order valence-electron chi connectivity index (χ3n) is 2.76. The van der Waals surface area contributed by atoms with Crippen molar-refractivity contribution in [3.8, 4) is 0 Å². The molecule has 0 saturated heterocycles. The lowest BCUT2D eigenvalue weighted by Gasteiger charge is -2.16. The summed E-state index contributed by atoms with van der Waals surface area (Å²) in [7, 11) is 0. The van der Waals surface area contributed by atoms with Gasteiger partial charge in [0.05, 0.1) is 12.7 Å². The molecule has 0 N–H and O–H groups in total. The van der Waals surface area contributed by atoms with Crippen LogP contribution < -0.4 is 0 Å². The summed E-state index contributed by atoms with van der Waals surface area (Å²) in [6.45, 7) is 0.506. The number of hydrogen-bond acceptors (Lipinski definition) is 1. The topological polar surface area (TPSA) is 9.23 Å². The predicted molar refractivity (Wildman–Crippen MR) is 87.0 cm³/mol. The van der Waals surface area contributed by atoms with Crippen LogP contribution in [-0.2, 0) is 11.3 Å². The lowest BCUT2D eigenvalue weighted by molar-refractivity contribution is 0.0572. The van der Waals surface area contributed by atoms with Crippen molar-refractivity contribution in [1.82, 2.24) is 0 Å². The Labute approximate surface area is 134 Å². The summed E-state index contributed by atoms with van der Waals surface area (Å²) in [6, 6.07) is 14.5. The highest BCUT2D eigenvalue weighted by Gasteiger charge is 2.12. The molecule has 0 aliphatic heterocycles. The fourth-order valence-electron chi connectivity index (χ4n) is 1.74. The van der Waals surface area contributed by atoms with Gasteiger partial charge in [-0.15, -0.1) is 0 Å². The Morgan fingerprint density at radius 2 is 1.95 bits per heavy atom. The Balaban J connectivity index is 2.06. The Morgan fingerprint density at radius 3 is 2.63 bits per heavy atom. The molecule has 0 saturated carbocycles. The second kappa shape index (κ2) is 7.36. The van der Waals surface area contributed by atoms with Gasteiger partial charge in [-0.25, -0.2) is 4.39 Å². The first-order chi connectivity index (χ1) is 9.20. The maximum atomic E-state index is 13.2. The Morgan fingerprint density at radius 1 is 1.16 bits per heavy atom. The van der Waals surface area contributed by atoms with Crippen LogP contribution in [0.2, 0.25) is 0 Å². The maximum absolute atomic E-state index is 13.2. The molecule has 0 aromatic heterocycles. The third-order valence-corrected chi connectivity index (χ3v) is 4.33. The van der Waals surface area contributed by atoms with Gasteiger partial charge in [-0.3, -0.25) is 0 Å². The van der Waals surface area contributed by atoms with Crippen LogP contribution in [0.5, 0.6) is 0 Å². The summed E-state index contributed by atoms with van der Waals surface area (Å²) >= 11 is 5.75. The predicted octanol–water partition coefficient (Wildman–Crippen LogP) is 5.28. The second-order valence-corrected chi connectivity index (χ2v) is 5.84. The van der Waals surface area contributed by atoms with E-state index in [2.05, 4.69) is 38.5 Å². The molecule has 0 aliphatic rings. The first kappa shape index (κ1) is 14.9. The highest BCUT2D eigenvalue weighted by molar-refractivity contribution is 14.1. The fourth-order valence-corrected chi connectivity index (χ4v) is 2.90. The van der Waals surface area contributed by atoms with E-state index in [1.165, 1.54) is 12.1 Å². The van der Waals surface area contributed by atoms with Crippen LogP contribution in [-0.4, -0.2) is 4.43 Å². The van der Waals surface area contributed by atoms with E-state index in [9.17, 15) is 4.39 Å². The highest BCUT2D eigenvalue weighted by Crippen LogP contribution is 2.24. The molecule has 1 unspecified atom stereocenters. The largest absolute Gasteiger partial charge is 0.368 e. The first-order valence-electron chi connectivity index (χ1n) is 5.87. The van der Waals surface area contributed by atoms with E-state index in [-0.39, 0.29) is 11.9 Å². The molecule has 1 nitrogen and oxygen atoms in total. The number of rotatable bonds is 5. The van der Waals surface area contributed by atoms with Gasteiger partial charge in [0.15, 0.2) is 0 Å². The van der Waals surface area contributed by atoms with Crippen molar-refractivity contribution in [3.05, 3.63) is 69.9 Å². The van der Waals surface area contributed by atoms with Crippen LogP contribution >= 0.6 is 38.5 Å². The monoisotopic (exact) mass is 434 g/mol. The quantitative estimate of drug-likeness (QED) is 0.459. The number of ether oxygens (including phenoxy) is 1. The van der Waals surface area contributed by atoms with Crippen molar-refractivity contribution in [1.29, 1.82) is 0 Å². The second-order valence-electron chi connectivity index (χ2n) is 4.10. The number of alkyl halides is 1. The van der Waals surface area contributed by atoms with Crippen LogP contribution in [0.15, 0.2) is 53.0 Å². The smallest absolute Gasteiger partial charge is 0.123 e. The molecule has 19 heavy (non-hydrogen) atoms. The standard InChI is InChI=1S/C15H13BrFIO/c16-14-7-2-1-4-12(14)10-19-15(9-18)11-5-3-6-13(17)8-11/h1-8,15H,9-10H2. The van der Waals surface area contributed by atoms with Crippen molar-refractivity contribution in [2.24, 2.45) is 0 Å². The van der Waals surface area contributed by atoms with Crippen LogP contribution in [0, 0.1) is 5.82 Å². The number of benzene rings is 2. The van der Waals surface area contributed by atoms with Crippen LogP contribution in [0.25, 0.3) is 0 Å². The summed E-state index contributed by atoms with van der Waals surface area (Å²) in [5.41, 5.74) is 1.97. The molecular weight excluding hydrogens is 422 g/mol. The molecule has 0 amide bonds. The zero-order valence-corrected chi connectivity index (χ0v) is 13.9. The molecule has 0 fully saturated rings. The van der Waals surface area contributed by atoms with E-state index in [0.29, 0.717) is 6.61 Å². The van der Waals surface area contributed by atoms with Gasteiger partial charge < -0.3 is 4.74 Å². The highest BCUT2D eigenvalue weighted by atomic mass is 127. The van der Waals surface area contributed by atoms with Gasteiger partial charge >= 0.3 is 0 Å². The zero-order chi connectivity index (χ0) is 13.7. The van der Waals surface area contributed by atoms with Gasteiger partial charge in [-0.1, -0.05) is 68.9 Å². The van der Waals surface area contributed by atoms with Crippen LogP contribution in [0.1, 0.15) is 17.2 Å². The maximum Gasteiger partial charge on any atom is 0.123 e. The third kappa shape index (κ3) is 4.26. The average Bonchev–Trinajstić information content (AvgIpc) is 2.41. The van der Waals surface area contributed by atoms with Gasteiger partial charge in [0, 0.05) is 8.90 Å². The van der Waals surface area contributed by atoms with Crippen molar-refractivity contribution >= 4 is 38.5 Å². The Kier molecular flexibility index (Phi) is 5.78. The van der Waals surface area contributed by atoms with Crippen LogP contribution in [0.4, 0.5) is 4.39 Å². The molecule has 1 atom stereocenters. The van der Waals surface area contributed by atoms with E-state index in [4.69, 9.17) is 4.74 Å². The van der Waals surface area contributed by atoms with Gasteiger partial charge in [0.2, 0.25) is 0 Å². The van der Waals surface area contributed by atoms with Crippen molar-refractivity contribution in [2.45, 2.75) is 12.7 Å². The molecule has 100 valence electrons. The van der Waals surface area contributed by atoms with E-state index < -0.39 is 0 Å². The molecule has 0 spiro atoms. The summed E-state index contributed by atoms with van der Waals surface area (Å²) in [5, 5.41) is 0. The van der Waals surface area contributed by atoms with Crippen LogP contribution in [0.3, 0.4) is 0 Å². The molecule has 0 bridgehead atoms. The van der Waals surface area contributed by atoms with Crippen molar-refractivity contribution in [3.63, 3.8) is 0 Å². The summed E-state index contributed by atoms with van der Waals surface area (Å²) in [4.78, 5) is 0. The lowest BCUT2D eigenvalue weighted by Crippen LogP contribution is -2.06. The summed E-state index contributed by atoms with van der Waals surface area (Å²) < 4.78 is 20.9. The first-order valence-corrected chi connectivity index (χ1v) is 8.19. The number of halogens is 3. The van der Waals surface area contributed by atoms with Gasteiger partial charge in [0.25, 0.3) is 0 Å². The van der Waals surface area contributed by atoms with E-state index >= 15 is 0 Å². The van der Waals surface area contributed by atoms with Gasteiger partial charge in [-0.2, -0.15) is 0 Å². The fraction of sp³-hybridized carbons (Fsp3) is 0.200. The minimum Gasteiger partial charge on any atom is -0.368 e. The Bertz CT molecular complexity index is 547. The SMILES string of the molecule is Fc1cccc(C(CI)OCc2ccccc2Br)c1. The number of hydrogen-bond donors (Lipinski definition) is 0. The van der Waals surface area contributed by atoms with Gasteiger partial charge in [-0.05, 0) is 29.3 Å². The van der Waals surface area contributed by atoms with E-state index in [1.54, 1.807) is 6.07 Å². The normalized spacial score (nSPS) is 12.4. The lowest BCUT2D eigenvalue weighted by atomic mass is 10.1. The molecular formula is C15H13BrFIO. The van der Waals surface area contributed by atoms with Crippen molar-refractivity contribution < 1.29 is 9.13 Å². The summed E-state index contributed by atoms with van der Waals surface area (Å²) in [6.07, 6.45) is -0.0941. The molecule has 0 heterocycles. The summed E-state index contributed by atoms with van der Waals surface area (Å²) in [5.74, 6) is -0.225. The molecule has 4 heteroatoms. The molecule has 0 aliphatic carbocycles. The zero-order valence-electron chi connectivity index (χ0n) is 10.2. The molecule has 0 radical (unpaired) electrons. The van der Waals surface area contributed by atoms with Gasteiger partial charge in [0.1, 0.15) is 5.82 Å². The minimum atomic E-state index is -0.225. The molecule has 2 aromatic rings. The Hall–Kier alpha value is -0.460. The minimum absolute atomic E-state index is 0.0941. The van der Waals surface area contributed by atoms with E-state index in [1.807, 2.05) is 30.3 Å². The molecule has 2 aromatic carbocycles. The van der Waals surface area contributed by atoms with E-state index in [0.717, 1.165) is 20.0 Å². The van der Waals surface area contributed by atoms with Crippen molar-refractivity contribution in [2.75, 3.05) is 4.43 Å². The average molecular weight is 435 g/mol. The molecule has 2 rings (SSSR count).